The Hall–Kier alpha value is -1.39. The van der Waals surface area contributed by atoms with Crippen LogP contribution in [-0.2, 0) is 0 Å². The van der Waals surface area contributed by atoms with Gasteiger partial charge < -0.3 is 11.5 Å². The number of hydrogen-bond acceptors (Lipinski definition) is 3. The summed E-state index contributed by atoms with van der Waals surface area (Å²) in [6.45, 7) is 0. The van der Waals surface area contributed by atoms with Gasteiger partial charge in [-0.15, -0.1) is 0 Å². The highest BCUT2D eigenvalue weighted by molar-refractivity contribution is 5.57. The number of nitrogens with two attached hydrogens (primary N) is 2. The van der Waals surface area contributed by atoms with Crippen LogP contribution in [0.1, 0.15) is 12.0 Å². The Morgan fingerprint density at radius 2 is 2.00 bits per heavy atom. The van der Waals surface area contributed by atoms with Gasteiger partial charge >= 0.3 is 0 Å². The van der Waals surface area contributed by atoms with Gasteiger partial charge in [0.15, 0.2) is 0 Å². The van der Waals surface area contributed by atoms with Crippen LogP contribution in [0.3, 0.4) is 0 Å². The third kappa shape index (κ3) is 1.36. The minimum Gasteiger partial charge on any atom is -0.398 e. The third-order valence-electron chi connectivity index (χ3n) is 1.27. The summed E-state index contributed by atoms with van der Waals surface area (Å²) < 4.78 is 24.2. The molecule has 60 valence electrons. The molecule has 4 N–H and O–H groups in total. The highest BCUT2D eigenvalue weighted by atomic mass is 19.3. The van der Waals surface area contributed by atoms with Crippen LogP contribution < -0.4 is 11.5 Å². The first-order valence-electron chi connectivity index (χ1n) is 2.91. The molecule has 11 heavy (non-hydrogen) atoms. The van der Waals surface area contributed by atoms with Gasteiger partial charge in [0.2, 0.25) is 0 Å². The van der Waals surface area contributed by atoms with Gasteiger partial charge in [0, 0.05) is 11.9 Å². The number of pyridine rings is 1. The van der Waals surface area contributed by atoms with Crippen molar-refractivity contribution in [3.8, 4) is 0 Å². The van der Waals surface area contributed by atoms with E-state index in [1.54, 1.807) is 0 Å². The third-order valence-corrected chi connectivity index (χ3v) is 1.27. The predicted octanol–water partition coefficient (Wildman–Crippen LogP) is 1.18. The SMILES string of the molecule is Nc1ccnc(N)c1C(F)F. The van der Waals surface area contributed by atoms with Gasteiger partial charge in [0.05, 0.1) is 5.56 Å². The number of nitrogen functional groups attached to an aromatic ring is 2. The zero-order chi connectivity index (χ0) is 8.43. The van der Waals surface area contributed by atoms with Crippen molar-refractivity contribution in [3.63, 3.8) is 0 Å². The van der Waals surface area contributed by atoms with Gasteiger partial charge in [-0.3, -0.25) is 0 Å². The summed E-state index contributed by atoms with van der Waals surface area (Å²) in [5.41, 5.74) is 9.97. The lowest BCUT2D eigenvalue weighted by Gasteiger charge is -2.05. The minimum absolute atomic E-state index is 0.0208. The maximum absolute atomic E-state index is 12.1. The Bertz CT molecular complexity index is 242. The molecule has 0 saturated carbocycles. The summed E-state index contributed by atoms with van der Waals surface area (Å²) in [6, 6.07) is 1.29. The van der Waals surface area contributed by atoms with Gasteiger partial charge in [-0.2, -0.15) is 0 Å². The van der Waals surface area contributed by atoms with Crippen molar-refractivity contribution in [1.29, 1.82) is 0 Å². The number of rotatable bonds is 1. The van der Waals surface area contributed by atoms with Crippen molar-refractivity contribution in [2.45, 2.75) is 6.43 Å². The first-order valence-corrected chi connectivity index (χ1v) is 2.91. The van der Waals surface area contributed by atoms with E-state index >= 15 is 0 Å². The summed E-state index contributed by atoms with van der Waals surface area (Å²) >= 11 is 0. The van der Waals surface area contributed by atoms with E-state index in [2.05, 4.69) is 4.98 Å². The molecule has 0 radical (unpaired) electrons. The van der Waals surface area contributed by atoms with Crippen molar-refractivity contribution in [1.82, 2.24) is 4.98 Å². The van der Waals surface area contributed by atoms with Crippen LogP contribution in [0.15, 0.2) is 12.3 Å². The Balaban J connectivity index is 3.21. The van der Waals surface area contributed by atoms with Crippen LogP contribution in [0.4, 0.5) is 20.3 Å². The lowest BCUT2D eigenvalue weighted by atomic mass is 10.2. The molecule has 0 aliphatic carbocycles. The molecule has 0 fully saturated rings. The zero-order valence-corrected chi connectivity index (χ0v) is 5.59. The maximum atomic E-state index is 12.1. The van der Waals surface area contributed by atoms with Crippen LogP contribution in [0.25, 0.3) is 0 Å². The molecular weight excluding hydrogens is 152 g/mol. The van der Waals surface area contributed by atoms with E-state index in [1.807, 2.05) is 0 Å². The van der Waals surface area contributed by atoms with E-state index in [0.29, 0.717) is 0 Å². The molecule has 1 aromatic rings. The summed E-state index contributed by atoms with van der Waals surface area (Å²) in [7, 11) is 0. The Morgan fingerprint density at radius 3 is 2.36 bits per heavy atom. The molecule has 1 aromatic heterocycles. The smallest absolute Gasteiger partial charge is 0.269 e. The van der Waals surface area contributed by atoms with Gasteiger partial charge in [-0.05, 0) is 6.07 Å². The molecule has 0 aliphatic heterocycles. The van der Waals surface area contributed by atoms with Crippen molar-refractivity contribution in [3.05, 3.63) is 17.8 Å². The number of aromatic nitrogens is 1. The molecule has 0 amide bonds. The van der Waals surface area contributed by atoms with Crippen molar-refractivity contribution >= 4 is 11.5 Å². The van der Waals surface area contributed by atoms with Crippen LogP contribution in [0.5, 0.6) is 0 Å². The normalized spacial score (nSPS) is 10.5. The largest absolute Gasteiger partial charge is 0.398 e. The fraction of sp³-hybridized carbons (Fsp3) is 0.167. The van der Waals surface area contributed by atoms with Gasteiger partial charge in [0.1, 0.15) is 5.82 Å². The Kier molecular flexibility index (Phi) is 1.89. The number of nitrogens with zero attached hydrogens (tertiary/aromatic N) is 1. The van der Waals surface area contributed by atoms with Crippen molar-refractivity contribution in [2.75, 3.05) is 11.5 Å². The highest BCUT2D eigenvalue weighted by Crippen LogP contribution is 2.28. The van der Waals surface area contributed by atoms with E-state index < -0.39 is 6.43 Å². The molecule has 0 spiro atoms. The molecule has 0 atom stereocenters. The maximum Gasteiger partial charge on any atom is 0.269 e. The molecule has 0 bridgehead atoms. The second-order valence-electron chi connectivity index (χ2n) is 2.00. The molecule has 0 unspecified atom stereocenters. The quantitative estimate of drug-likeness (QED) is 0.646. The number of anilines is 2. The fourth-order valence-corrected chi connectivity index (χ4v) is 0.743. The van der Waals surface area contributed by atoms with E-state index in [-0.39, 0.29) is 17.1 Å². The van der Waals surface area contributed by atoms with Gasteiger partial charge in [-0.1, -0.05) is 0 Å². The number of alkyl halides is 2. The molecule has 5 heteroatoms. The predicted molar refractivity (Wildman–Crippen MR) is 38.0 cm³/mol. The summed E-state index contributed by atoms with van der Waals surface area (Å²) in [5, 5.41) is 0. The lowest BCUT2D eigenvalue weighted by Crippen LogP contribution is -2.02. The molecule has 0 aromatic carbocycles. The molecule has 1 heterocycles. The number of halogens is 2. The Morgan fingerprint density at radius 1 is 1.36 bits per heavy atom. The van der Waals surface area contributed by atoms with Crippen LogP contribution in [-0.4, -0.2) is 4.98 Å². The second kappa shape index (κ2) is 2.69. The lowest BCUT2D eigenvalue weighted by molar-refractivity contribution is 0.153. The molecule has 0 saturated heterocycles. The topological polar surface area (TPSA) is 64.9 Å². The standard InChI is InChI=1S/C6H7F2N3/c7-5(8)4-3(9)1-2-11-6(4)10/h1-2,5H,(H4,9,10,11). The fourth-order valence-electron chi connectivity index (χ4n) is 0.743. The van der Waals surface area contributed by atoms with Gasteiger partial charge in [0.25, 0.3) is 6.43 Å². The van der Waals surface area contributed by atoms with Gasteiger partial charge in [-0.25, -0.2) is 13.8 Å². The minimum atomic E-state index is -2.66. The van der Waals surface area contributed by atoms with Crippen molar-refractivity contribution < 1.29 is 8.78 Å². The summed E-state index contributed by atoms with van der Waals surface area (Å²) in [5.74, 6) is -0.208. The van der Waals surface area contributed by atoms with E-state index in [1.165, 1.54) is 12.3 Å². The average molecular weight is 159 g/mol. The van der Waals surface area contributed by atoms with Crippen molar-refractivity contribution in [2.24, 2.45) is 0 Å². The summed E-state index contributed by atoms with van der Waals surface area (Å²) in [4.78, 5) is 3.48. The zero-order valence-electron chi connectivity index (χ0n) is 5.59. The van der Waals surface area contributed by atoms with E-state index in [4.69, 9.17) is 11.5 Å². The first kappa shape index (κ1) is 7.71. The number of hydrogen-bond donors (Lipinski definition) is 2. The molecule has 1 rings (SSSR count). The molecular formula is C6H7F2N3. The second-order valence-corrected chi connectivity index (χ2v) is 2.00. The molecule has 3 nitrogen and oxygen atoms in total. The van der Waals surface area contributed by atoms with Crippen LogP contribution in [0.2, 0.25) is 0 Å². The highest BCUT2D eigenvalue weighted by Gasteiger charge is 2.14. The first-order chi connectivity index (χ1) is 5.13. The molecule has 0 aliphatic rings. The van der Waals surface area contributed by atoms with E-state index in [9.17, 15) is 8.78 Å². The van der Waals surface area contributed by atoms with Crippen LogP contribution >= 0.6 is 0 Å². The Labute approximate surface area is 62.0 Å². The average Bonchev–Trinajstić information content (AvgIpc) is 1.85. The monoisotopic (exact) mass is 159 g/mol. The summed E-state index contributed by atoms with van der Waals surface area (Å²) in [6.07, 6.45) is -1.38. The van der Waals surface area contributed by atoms with Crippen LogP contribution in [0, 0.1) is 0 Å². The van der Waals surface area contributed by atoms with E-state index in [0.717, 1.165) is 0 Å².